The van der Waals surface area contributed by atoms with Crippen LogP contribution in [0.1, 0.15) is 99.3 Å². The summed E-state index contributed by atoms with van der Waals surface area (Å²) in [5.74, 6) is 0.0699. The van der Waals surface area contributed by atoms with E-state index in [9.17, 15) is 48.3 Å². The second kappa shape index (κ2) is 17.7. The summed E-state index contributed by atoms with van der Waals surface area (Å²) >= 11 is 0. The minimum Gasteiger partial charge on any atom is -0.489 e. The number of aliphatic hydroxyl groups is 1. The lowest BCUT2D eigenvalue weighted by molar-refractivity contribution is -0.457. The van der Waals surface area contributed by atoms with Crippen molar-refractivity contribution in [3.8, 4) is 5.75 Å². The fourth-order valence-electron chi connectivity index (χ4n) is 9.36. The van der Waals surface area contributed by atoms with Gasteiger partial charge < -0.3 is 24.2 Å². The standard InChI is InChI=1S/C40H50F11NO4/c1-36-15-14-29-28-11-9-27(55-24-25-20-33(41)31(34(42)21-25)23-52(2)16-5-3-4-6-17-53)22-26(28)8-10-30(29)32(36)12-13-35(36)54-18-7-19-56-37(38(43,44)45,39(46,47)48)40(49,50)51/h9,11,20-22,29-30,32,35,53H,3-8,10,12-19,23-24H2,1-2H3/t29-,30-,32+,35+,36+/m1/s1. The monoisotopic (exact) mass is 817 g/mol. The molecule has 3 aliphatic rings. The Morgan fingerprint density at radius 1 is 0.804 bits per heavy atom. The number of unbranched alkanes of at least 4 members (excludes halogenated alkanes) is 3. The van der Waals surface area contributed by atoms with Gasteiger partial charge in [-0.05, 0) is 136 Å². The molecule has 3 aliphatic carbocycles. The van der Waals surface area contributed by atoms with Crippen molar-refractivity contribution in [2.45, 2.75) is 127 Å². The van der Waals surface area contributed by atoms with E-state index < -0.39 is 48.8 Å². The number of benzene rings is 2. The van der Waals surface area contributed by atoms with Crippen LogP contribution < -0.4 is 4.74 Å². The highest BCUT2D eigenvalue weighted by Gasteiger charge is 2.85. The number of hydrogen-bond donors (Lipinski definition) is 1. The Labute approximate surface area is 319 Å². The number of alkyl halides is 9. The predicted molar refractivity (Wildman–Crippen MR) is 185 cm³/mol. The predicted octanol–water partition coefficient (Wildman–Crippen LogP) is 10.6. The van der Waals surface area contributed by atoms with E-state index >= 15 is 0 Å². The van der Waals surface area contributed by atoms with Crippen molar-refractivity contribution < 1.29 is 67.6 Å². The van der Waals surface area contributed by atoms with Crippen LogP contribution in [0.2, 0.25) is 0 Å². The fraction of sp³-hybridized carbons (Fsp3) is 0.700. The summed E-state index contributed by atoms with van der Waals surface area (Å²) in [5.41, 5.74) is -3.94. The van der Waals surface area contributed by atoms with Gasteiger partial charge in [0, 0.05) is 25.3 Å². The van der Waals surface area contributed by atoms with Crippen LogP contribution in [0.25, 0.3) is 0 Å². The minimum absolute atomic E-state index is 0.00184. The zero-order valence-electron chi connectivity index (χ0n) is 31.5. The number of ether oxygens (including phenoxy) is 3. The molecular formula is C40H50F11NO4. The average molecular weight is 818 g/mol. The number of rotatable bonds is 17. The summed E-state index contributed by atoms with van der Waals surface area (Å²) in [6, 6.07) is 8.42. The number of fused-ring (bicyclic) bond motifs is 5. The highest BCUT2D eigenvalue weighted by molar-refractivity contribution is 5.41. The lowest BCUT2D eigenvalue weighted by Gasteiger charge is -2.50. The fourth-order valence-corrected chi connectivity index (χ4v) is 9.36. The molecule has 5 nitrogen and oxygen atoms in total. The van der Waals surface area contributed by atoms with E-state index in [0.29, 0.717) is 30.2 Å². The van der Waals surface area contributed by atoms with E-state index in [-0.39, 0.29) is 55.3 Å². The highest BCUT2D eigenvalue weighted by atomic mass is 19.4. The number of aliphatic hydroxyl groups excluding tert-OH is 1. The molecule has 0 saturated heterocycles. The normalized spacial score (nSPS) is 24.3. The van der Waals surface area contributed by atoms with Crippen LogP contribution in [0.4, 0.5) is 48.3 Å². The highest BCUT2D eigenvalue weighted by Crippen LogP contribution is 2.62. The van der Waals surface area contributed by atoms with Crippen LogP contribution in [-0.4, -0.2) is 73.7 Å². The molecule has 0 amide bonds. The Balaban J connectivity index is 1.13. The second-order valence-electron chi connectivity index (χ2n) is 15.8. The summed E-state index contributed by atoms with van der Waals surface area (Å²) in [4.78, 5) is 1.87. The molecule has 0 spiro atoms. The first kappa shape index (κ1) is 44.4. The van der Waals surface area contributed by atoms with E-state index in [1.165, 1.54) is 17.7 Å². The third-order valence-electron chi connectivity index (χ3n) is 12.2. The summed E-state index contributed by atoms with van der Waals surface area (Å²) in [7, 11) is 1.81. The molecule has 56 heavy (non-hydrogen) atoms. The van der Waals surface area contributed by atoms with Crippen molar-refractivity contribution in [3.63, 3.8) is 0 Å². The van der Waals surface area contributed by atoms with Gasteiger partial charge in [-0.25, -0.2) is 8.78 Å². The lowest BCUT2D eigenvalue weighted by atomic mass is 9.55. The molecular weight excluding hydrogens is 767 g/mol. The Morgan fingerprint density at radius 2 is 1.46 bits per heavy atom. The van der Waals surface area contributed by atoms with Crippen molar-refractivity contribution in [1.82, 2.24) is 4.90 Å². The Hall–Kier alpha value is -2.69. The minimum atomic E-state index is -6.77. The molecule has 316 valence electrons. The van der Waals surface area contributed by atoms with Gasteiger partial charge >= 0.3 is 24.1 Å². The van der Waals surface area contributed by atoms with E-state index in [1.54, 1.807) is 0 Å². The van der Waals surface area contributed by atoms with Gasteiger partial charge in [0.25, 0.3) is 0 Å². The number of aryl methyl sites for hydroxylation is 1. The molecule has 5 rings (SSSR count). The maximum Gasteiger partial charge on any atom is 0.435 e. The van der Waals surface area contributed by atoms with E-state index in [0.717, 1.165) is 63.4 Å². The van der Waals surface area contributed by atoms with Gasteiger partial charge in [0.15, 0.2) is 0 Å². The third-order valence-corrected chi connectivity index (χ3v) is 12.2. The average Bonchev–Trinajstić information content (AvgIpc) is 3.44. The maximum absolute atomic E-state index is 15.0. The zero-order valence-corrected chi connectivity index (χ0v) is 31.5. The van der Waals surface area contributed by atoms with Gasteiger partial charge in [-0.15, -0.1) is 0 Å². The number of halogens is 11. The van der Waals surface area contributed by atoms with Gasteiger partial charge in [-0.2, -0.15) is 39.5 Å². The molecule has 0 radical (unpaired) electrons. The first-order valence-corrected chi connectivity index (χ1v) is 19.2. The molecule has 5 atom stereocenters. The van der Waals surface area contributed by atoms with Crippen molar-refractivity contribution in [2.24, 2.45) is 17.3 Å². The van der Waals surface area contributed by atoms with Crippen LogP contribution >= 0.6 is 0 Å². The van der Waals surface area contributed by atoms with Crippen molar-refractivity contribution in [3.05, 3.63) is 64.2 Å². The van der Waals surface area contributed by atoms with Crippen LogP contribution in [0.15, 0.2) is 30.3 Å². The van der Waals surface area contributed by atoms with Crippen LogP contribution in [0.3, 0.4) is 0 Å². The molecule has 16 heteroatoms. The quantitative estimate of drug-likeness (QED) is 0.127. The Bertz CT molecular complexity index is 1550. The van der Waals surface area contributed by atoms with Gasteiger partial charge in [0.1, 0.15) is 24.0 Å². The molecule has 0 unspecified atom stereocenters. The molecule has 2 aromatic rings. The molecule has 1 N–H and O–H groups in total. The Morgan fingerprint density at radius 3 is 2.11 bits per heavy atom. The summed E-state index contributed by atoms with van der Waals surface area (Å²) in [5, 5.41) is 8.90. The van der Waals surface area contributed by atoms with Crippen LogP contribution in [0.5, 0.6) is 5.75 Å². The largest absolute Gasteiger partial charge is 0.489 e. The summed E-state index contributed by atoms with van der Waals surface area (Å²) < 4.78 is 164. The lowest BCUT2D eigenvalue weighted by Crippen LogP contribution is -2.67. The van der Waals surface area contributed by atoms with Crippen molar-refractivity contribution in [1.29, 1.82) is 0 Å². The van der Waals surface area contributed by atoms with Crippen LogP contribution in [-0.2, 0) is 29.0 Å². The van der Waals surface area contributed by atoms with Crippen molar-refractivity contribution in [2.75, 3.05) is 33.4 Å². The second-order valence-corrected chi connectivity index (χ2v) is 15.8. The molecule has 0 bridgehead atoms. The van der Waals surface area contributed by atoms with E-state index in [1.807, 2.05) is 30.1 Å². The Kier molecular flexibility index (Phi) is 14.0. The molecule has 0 aliphatic heterocycles. The van der Waals surface area contributed by atoms with Gasteiger partial charge in [0.05, 0.1) is 12.7 Å². The molecule has 2 fully saturated rings. The topological polar surface area (TPSA) is 51.2 Å². The first-order valence-electron chi connectivity index (χ1n) is 19.2. The molecule has 0 aromatic heterocycles. The molecule has 2 aromatic carbocycles. The van der Waals surface area contributed by atoms with Gasteiger partial charge in [-0.1, -0.05) is 25.8 Å². The summed E-state index contributed by atoms with van der Waals surface area (Å²) in [6.45, 7) is 1.19. The van der Waals surface area contributed by atoms with Gasteiger partial charge in [-0.3, -0.25) is 0 Å². The first-order chi connectivity index (χ1) is 26.2. The molecule has 0 heterocycles. The maximum atomic E-state index is 15.0. The van der Waals surface area contributed by atoms with E-state index in [4.69, 9.17) is 14.6 Å². The smallest absolute Gasteiger partial charge is 0.435 e. The van der Waals surface area contributed by atoms with E-state index in [2.05, 4.69) is 11.7 Å². The van der Waals surface area contributed by atoms with Gasteiger partial charge in [0.2, 0.25) is 0 Å². The zero-order chi connectivity index (χ0) is 41.1. The third kappa shape index (κ3) is 9.28. The summed E-state index contributed by atoms with van der Waals surface area (Å²) in [6.07, 6.45) is -13.2. The number of nitrogens with zero attached hydrogens (tertiary/aromatic N) is 1. The van der Waals surface area contributed by atoms with Crippen molar-refractivity contribution >= 4 is 0 Å². The SMILES string of the molecule is CN(CCCCCCO)Cc1c(F)cc(COc2ccc3c(c2)CC[C@@H]2[C@@H]3CC[C@]3(C)[C@@H](OCCCOC(C(F)(F)F)(C(F)(F)F)C(F)(F)F)CC[C@@H]23)cc1F. The van der Waals surface area contributed by atoms with Crippen LogP contribution in [0, 0.1) is 28.9 Å². The molecule has 2 saturated carbocycles. The number of hydrogen-bond acceptors (Lipinski definition) is 5.